The molecule has 0 saturated carbocycles. The van der Waals surface area contributed by atoms with Gasteiger partial charge in [0.2, 0.25) is 0 Å². The largest absolute Gasteiger partial charge is 0.492 e. The molecule has 3 rings (SSSR count). The molecule has 0 aromatic heterocycles. The summed E-state index contributed by atoms with van der Waals surface area (Å²) in [7, 11) is 2.00. The van der Waals surface area contributed by atoms with E-state index in [1.807, 2.05) is 49.5 Å². The summed E-state index contributed by atoms with van der Waals surface area (Å²) in [6, 6.07) is 17.7. The van der Waals surface area contributed by atoms with E-state index in [1.165, 1.54) is 5.56 Å². The summed E-state index contributed by atoms with van der Waals surface area (Å²) in [6.07, 6.45) is -0.539. The van der Waals surface area contributed by atoms with Crippen LogP contribution in [0.2, 0.25) is 0 Å². The highest BCUT2D eigenvalue weighted by molar-refractivity contribution is 5.27. The average Bonchev–Trinajstić information content (AvgIpc) is 2.75. The van der Waals surface area contributed by atoms with Crippen LogP contribution in [0.15, 0.2) is 54.6 Å². The minimum Gasteiger partial charge on any atom is -0.492 e. The van der Waals surface area contributed by atoms with E-state index in [1.54, 1.807) is 0 Å². The summed E-state index contributed by atoms with van der Waals surface area (Å²) in [6.45, 7) is 6.80. The maximum Gasteiger partial charge on any atom is 0.119 e. The van der Waals surface area contributed by atoms with Crippen molar-refractivity contribution in [2.45, 2.75) is 12.6 Å². The summed E-state index contributed by atoms with van der Waals surface area (Å²) in [5.74, 6) is 1.67. The van der Waals surface area contributed by atoms with Crippen molar-refractivity contribution in [1.82, 2.24) is 9.80 Å². The zero-order valence-corrected chi connectivity index (χ0v) is 17.2. The summed E-state index contributed by atoms with van der Waals surface area (Å²) in [5.41, 5.74) is 1.18. The van der Waals surface area contributed by atoms with Crippen LogP contribution in [0.1, 0.15) is 5.56 Å². The first-order valence-electron chi connectivity index (χ1n) is 10.3. The zero-order chi connectivity index (χ0) is 20.3. The Morgan fingerprint density at radius 2 is 1.69 bits per heavy atom. The van der Waals surface area contributed by atoms with Crippen molar-refractivity contribution in [3.05, 3.63) is 60.2 Å². The Labute approximate surface area is 173 Å². The van der Waals surface area contributed by atoms with Crippen molar-refractivity contribution in [3.63, 3.8) is 0 Å². The molecule has 1 fully saturated rings. The van der Waals surface area contributed by atoms with Gasteiger partial charge in [-0.1, -0.05) is 30.3 Å². The van der Waals surface area contributed by atoms with Crippen LogP contribution in [0, 0.1) is 0 Å². The number of nitrogens with zero attached hydrogens (tertiary/aromatic N) is 2. The van der Waals surface area contributed by atoms with Gasteiger partial charge in [-0.3, -0.25) is 9.80 Å². The Bertz CT molecular complexity index is 690. The van der Waals surface area contributed by atoms with Crippen molar-refractivity contribution < 1.29 is 19.3 Å². The van der Waals surface area contributed by atoms with Gasteiger partial charge in [-0.15, -0.1) is 0 Å². The summed E-state index contributed by atoms with van der Waals surface area (Å²) >= 11 is 0. The smallest absolute Gasteiger partial charge is 0.119 e. The molecule has 1 aliphatic rings. The molecule has 1 heterocycles. The Balaban J connectivity index is 1.33. The van der Waals surface area contributed by atoms with Gasteiger partial charge in [0.15, 0.2) is 0 Å². The van der Waals surface area contributed by atoms with Gasteiger partial charge in [0.25, 0.3) is 0 Å². The Morgan fingerprint density at radius 1 is 1.00 bits per heavy atom. The van der Waals surface area contributed by atoms with E-state index in [-0.39, 0.29) is 6.61 Å². The number of aliphatic hydroxyl groups excluding tert-OH is 1. The van der Waals surface area contributed by atoms with Crippen LogP contribution in [0.25, 0.3) is 0 Å². The Morgan fingerprint density at radius 3 is 2.41 bits per heavy atom. The highest BCUT2D eigenvalue weighted by atomic mass is 16.5. The van der Waals surface area contributed by atoms with Crippen LogP contribution in [0.3, 0.4) is 0 Å². The number of para-hydroxylation sites is 1. The SMILES string of the molecule is CN(Cc1ccc(OCCN2CCOCC2)cc1)C[C@@H](O)COc1ccccc1. The molecule has 1 N–H and O–H groups in total. The van der Waals surface area contributed by atoms with Crippen LogP contribution in [-0.4, -0.2) is 80.7 Å². The van der Waals surface area contributed by atoms with Crippen molar-refractivity contribution >= 4 is 0 Å². The van der Waals surface area contributed by atoms with E-state index in [0.29, 0.717) is 13.2 Å². The topological polar surface area (TPSA) is 54.4 Å². The van der Waals surface area contributed by atoms with E-state index >= 15 is 0 Å². The molecule has 0 bridgehead atoms. The number of rotatable bonds is 11. The first kappa shape index (κ1) is 21.6. The van der Waals surface area contributed by atoms with E-state index in [9.17, 15) is 5.11 Å². The fourth-order valence-corrected chi connectivity index (χ4v) is 3.31. The maximum absolute atomic E-state index is 10.2. The van der Waals surface area contributed by atoms with Gasteiger partial charge in [-0.25, -0.2) is 0 Å². The minimum atomic E-state index is -0.539. The first-order chi connectivity index (χ1) is 14.2. The number of hydrogen-bond acceptors (Lipinski definition) is 6. The van der Waals surface area contributed by atoms with Gasteiger partial charge in [-0.05, 0) is 36.9 Å². The van der Waals surface area contributed by atoms with Crippen LogP contribution in [0.4, 0.5) is 0 Å². The number of ether oxygens (including phenoxy) is 3. The van der Waals surface area contributed by atoms with Crippen molar-refractivity contribution in [3.8, 4) is 11.5 Å². The molecule has 2 aromatic rings. The van der Waals surface area contributed by atoms with E-state index in [0.717, 1.165) is 50.9 Å². The second-order valence-electron chi connectivity index (χ2n) is 7.42. The fraction of sp³-hybridized carbons (Fsp3) is 0.478. The molecule has 29 heavy (non-hydrogen) atoms. The Kier molecular flexibility index (Phi) is 8.77. The number of aliphatic hydroxyl groups is 1. The van der Waals surface area contributed by atoms with Gasteiger partial charge in [-0.2, -0.15) is 0 Å². The lowest BCUT2D eigenvalue weighted by Gasteiger charge is -2.26. The van der Waals surface area contributed by atoms with Gasteiger partial charge >= 0.3 is 0 Å². The lowest BCUT2D eigenvalue weighted by Crippen LogP contribution is -2.38. The number of benzene rings is 2. The Hall–Kier alpha value is -2.12. The molecule has 0 unspecified atom stereocenters. The van der Waals surface area contributed by atoms with Crippen molar-refractivity contribution in [1.29, 1.82) is 0 Å². The summed E-state index contributed by atoms with van der Waals surface area (Å²) in [4.78, 5) is 4.45. The molecule has 158 valence electrons. The van der Waals surface area contributed by atoms with Crippen molar-refractivity contribution in [2.24, 2.45) is 0 Å². The summed E-state index contributed by atoms with van der Waals surface area (Å²) in [5, 5.41) is 10.2. The third-order valence-corrected chi connectivity index (χ3v) is 4.86. The lowest BCUT2D eigenvalue weighted by molar-refractivity contribution is 0.0322. The molecule has 0 amide bonds. The molecule has 0 aliphatic carbocycles. The molecule has 6 heteroatoms. The molecular weight excluding hydrogens is 368 g/mol. The lowest BCUT2D eigenvalue weighted by atomic mass is 10.2. The molecule has 2 aromatic carbocycles. The predicted octanol–water partition coefficient (Wildman–Crippen LogP) is 2.27. The standard InChI is InChI=1S/C23H32N2O4/c1-24(18-21(26)19-29-22-5-3-2-4-6-22)17-20-7-9-23(10-8-20)28-16-13-25-11-14-27-15-12-25/h2-10,21,26H,11-19H2,1H3/t21-/m1/s1. The van der Waals surface area contributed by atoms with Gasteiger partial charge < -0.3 is 19.3 Å². The van der Waals surface area contributed by atoms with E-state index < -0.39 is 6.10 Å². The number of hydrogen-bond donors (Lipinski definition) is 1. The highest BCUT2D eigenvalue weighted by Gasteiger charge is 2.11. The van der Waals surface area contributed by atoms with Crippen LogP contribution >= 0.6 is 0 Å². The monoisotopic (exact) mass is 400 g/mol. The molecular formula is C23H32N2O4. The third kappa shape index (κ3) is 8.03. The maximum atomic E-state index is 10.2. The molecule has 1 atom stereocenters. The van der Waals surface area contributed by atoms with Crippen LogP contribution < -0.4 is 9.47 Å². The molecule has 1 saturated heterocycles. The summed E-state index contributed by atoms with van der Waals surface area (Å²) < 4.78 is 16.8. The van der Waals surface area contributed by atoms with Crippen LogP contribution in [-0.2, 0) is 11.3 Å². The minimum absolute atomic E-state index is 0.282. The predicted molar refractivity (Wildman–Crippen MR) is 113 cm³/mol. The highest BCUT2D eigenvalue weighted by Crippen LogP contribution is 2.14. The van der Waals surface area contributed by atoms with Gasteiger partial charge in [0.05, 0.1) is 13.2 Å². The zero-order valence-electron chi connectivity index (χ0n) is 17.2. The number of likely N-dealkylation sites (N-methyl/N-ethyl adjacent to an activating group) is 1. The van der Waals surface area contributed by atoms with Crippen molar-refractivity contribution in [2.75, 3.05) is 59.7 Å². The molecule has 0 radical (unpaired) electrons. The molecule has 1 aliphatic heterocycles. The van der Waals surface area contributed by atoms with Gasteiger partial charge in [0.1, 0.15) is 30.8 Å². The fourth-order valence-electron chi connectivity index (χ4n) is 3.31. The first-order valence-corrected chi connectivity index (χ1v) is 10.3. The molecule has 0 spiro atoms. The quantitative estimate of drug-likeness (QED) is 0.625. The van der Waals surface area contributed by atoms with E-state index in [4.69, 9.17) is 14.2 Å². The third-order valence-electron chi connectivity index (χ3n) is 4.86. The average molecular weight is 401 g/mol. The second kappa shape index (κ2) is 11.8. The second-order valence-corrected chi connectivity index (χ2v) is 7.42. The molecule has 6 nitrogen and oxygen atoms in total. The van der Waals surface area contributed by atoms with Crippen LogP contribution in [0.5, 0.6) is 11.5 Å². The van der Waals surface area contributed by atoms with Gasteiger partial charge in [0, 0.05) is 32.7 Å². The normalized spacial score (nSPS) is 16.0. The van der Waals surface area contributed by atoms with E-state index in [2.05, 4.69) is 21.9 Å². The number of morpholine rings is 1.